The van der Waals surface area contributed by atoms with Gasteiger partial charge in [-0.15, -0.1) is 0 Å². The molecule has 1 aliphatic rings. The maximum atomic E-state index is 12.3. The predicted octanol–water partition coefficient (Wildman–Crippen LogP) is 2.75. The van der Waals surface area contributed by atoms with E-state index in [4.69, 9.17) is 9.15 Å². The lowest BCUT2D eigenvalue weighted by Crippen LogP contribution is -2.46. The molecular weight excluding hydrogens is 320 g/mol. The molecule has 0 bridgehead atoms. The molecule has 1 aromatic rings. The van der Waals surface area contributed by atoms with Crippen LogP contribution in [0.1, 0.15) is 55.0 Å². The van der Waals surface area contributed by atoms with Crippen molar-refractivity contribution in [3.8, 4) is 0 Å². The summed E-state index contributed by atoms with van der Waals surface area (Å²) in [7, 11) is 3.21. The Morgan fingerprint density at radius 3 is 2.76 bits per heavy atom. The molecule has 3 unspecified atom stereocenters. The van der Waals surface area contributed by atoms with E-state index in [0.29, 0.717) is 42.0 Å². The average Bonchev–Trinajstić information content (AvgIpc) is 2.91. The van der Waals surface area contributed by atoms with Gasteiger partial charge in [0.15, 0.2) is 0 Å². The molecule has 1 aromatic heterocycles. The summed E-state index contributed by atoms with van der Waals surface area (Å²) in [5.74, 6) is 1.97. The van der Waals surface area contributed by atoms with Crippen molar-refractivity contribution in [2.75, 3.05) is 20.7 Å². The Hall–Kier alpha value is -1.82. The van der Waals surface area contributed by atoms with Crippen molar-refractivity contribution in [3.05, 3.63) is 23.2 Å². The number of amides is 1. The van der Waals surface area contributed by atoms with E-state index in [2.05, 4.69) is 19.2 Å². The quantitative estimate of drug-likeness (QED) is 0.799. The SMILES string of the molecule is COC(=O)c1cc(CN(C)CC(=O)NC2CCCC(C)C2C)oc1C. The second-order valence-corrected chi connectivity index (χ2v) is 7.29. The van der Waals surface area contributed by atoms with Crippen molar-refractivity contribution in [3.63, 3.8) is 0 Å². The number of rotatable bonds is 6. The van der Waals surface area contributed by atoms with Crippen LogP contribution in [-0.4, -0.2) is 43.5 Å². The molecule has 25 heavy (non-hydrogen) atoms. The first-order valence-corrected chi connectivity index (χ1v) is 8.97. The van der Waals surface area contributed by atoms with Crippen LogP contribution in [-0.2, 0) is 16.1 Å². The van der Waals surface area contributed by atoms with Crippen LogP contribution in [0, 0.1) is 18.8 Å². The van der Waals surface area contributed by atoms with E-state index < -0.39 is 5.97 Å². The second-order valence-electron chi connectivity index (χ2n) is 7.29. The lowest BCUT2D eigenvalue weighted by molar-refractivity contribution is -0.123. The van der Waals surface area contributed by atoms with Gasteiger partial charge in [-0.05, 0) is 38.3 Å². The van der Waals surface area contributed by atoms with Gasteiger partial charge >= 0.3 is 5.97 Å². The summed E-state index contributed by atoms with van der Waals surface area (Å²) in [6.07, 6.45) is 3.48. The maximum absolute atomic E-state index is 12.3. The summed E-state index contributed by atoms with van der Waals surface area (Å²) < 4.78 is 10.3. The van der Waals surface area contributed by atoms with E-state index in [1.165, 1.54) is 20.0 Å². The molecule has 0 saturated heterocycles. The molecule has 1 saturated carbocycles. The van der Waals surface area contributed by atoms with Gasteiger partial charge in [-0.3, -0.25) is 9.69 Å². The van der Waals surface area contributed by atoms with Crippen molar-refractivity contribution < 1.29 is 18.7 Å². The summed E-state index contributed by atoms with van der Waals surface area (Å²) in [5.41, 5.74) is 0.431. The number of methoxy groups -OCH3 is 1. The van der Waals surface area contributed by atoms with Crippen LogP contribution >= 0.6 is 0 Å². The number of likely N-dealkylation sites (N-methyl/N-ethyl adjacent to an activating group) is 1. The third kappa shape index (κ3) is 5.08. The van der Waals surface area contributed by atoms with Gasteiger partial charge in [-0.25, -0.2) is 4.79 Å². The number of nitrogens with one attached hydrogen (secondary N) is 1. The van der Waals surface area contributed by atoms with Gasteiger partial charge in [0.05, 0.1) is 20.2 Å². The number of ether oxygens (including phenoxy) is 1. The first-order valence-electron chi connectivity index (χ1n) is 8.97. The fourth-order valence-corrected chi connectivity index (χ4v) is 3.54. The van der Waals surface area contributed by atoms with E-state index in [1.54, 1.807) is 13.0 Å². The minimum atomic E-state index is -0.409. The van der Waals surface area contributed by atoms with Crippen LogP contribution in [0.5, 0.6) is 0 Å². The topological polar surface area (TPSA) is 71.8 Å². The summed E-state index contributed by atoms with van der Waals surface area (Å²) in [6, 6.07) is 1.95. The number of hydrogen-bond acceptors (Lipinski definition) is 5. The van der Waals surface area contributed by atoms with Gasteiger partial charge in [0.2, 0.25) is 5.91 Å². The van der Waals surface area contributed by atoms with E-state index in [1.807, 2.05) is 11.9 Å². The normalized spacial score (nSPS) is 23.5. The molecule has 1 aliphatic carbocycles. The second kappa shape index (κ2) is 8.52. The standard InChI is InChI=1S/C19H30N2O4/c1-12-7-6-8-17(13(12)2)20-18(22)11-21(4)10-15-9-16(14(3)25-15)19(23)24-5/h9,12-13,17H,6-8,10-11H2,1-5H3,(H,20,22). The Labute approximate surface area is 149 Å². The Morgan fingerprint density at radius 1 is 1.36 bits per heavy atom. The average molecular weight is 350 g/mol. The van der Waals surface area contributed by atoms with Crippen molar-refractivity contribution in [1.29, 1.82) is 0 Å². The molecule has 2 rings (SSSR count). The summed E-state index contributed by atoms with van der Waals surface area (Å²) in [4.78, 5) is 25.8. The molecule has 0 spiro atoms. The predicted molar refractivity (Wildman–Crippen MR) is 95.2 cm³/mol. The highest BCUT2D eigenvalue weighted by Gasteiger charge is 2.28. The van der Waals surface area contributed by atoms with Gasteiger partial charge in [-0.1, -0.05) is 26.7 Å². The summed E-state index contributed by atoms with van der Waals surface area (Å²) in [6.45, 7) is 6.96. The fraction of sp³-hybridized carbons (Fsp3) is 0.684. The Balaban J connectivity index is 1.86. The number of aryl methyl sites for hydroxylation is 1. The zero-order valence-electron chi connectivity index (χ0n) is 15.9. The van der Waals surface area contributed by atoms with Crippen molar-refractivity contribution in [2.24, 2.45) is 11.8 Å². The fourth-order valence-electron chi connectivity index (χ4n) is 3.54. The van der Waals surface area contributed by atoms with Crippen LogP contribution in [0.2, 0.25) is 0 Å². The van der Waals surface area contributed by atoms with Gasteiger partial charge in [0.25, 0.3) is 0 Å². The third-order valence-corrected chi connectivity index (χ3v) is 5.27. The van der Waals surface area contributed by atoms with E-state index >= 15 is 0 Å². The van der Waals surface area contributed by atoms with Crippen LogP contribution in [0.4, 0.5) is 0 Å². The van der Waals surface area contributed by atoms with Gasteiger partial charge in [0.1, 0.15) is 17.1 Å². The number of esters is 1. The zero-order chi connectivity index (χ0) is 18.6. The first-order chi connectivity index (χ1) is 11.8. The van der Waals surface area contributed by atoms with E-state index in [0.717, 1.165) is 6.42 Å². The highest BCUT2D eigenvalue weighted by Crippen LogP contribution is 2.29. The number of hydrogen-bond donors (Lipinski definition) is 1. The van der Waals surface area contributed by atoms with Crippen LogP contribution in [0.3, 0.4) is 0 Å². The molecule has 1 fully saturated rings. The molecule has 1 N–H and O–H groups in total. The van der Waals surface area contributed by atoms with Crippen molar-refractivity contribution in [1.82, 2.24) is 10.2 Å². The molecule has 3 atom stereocenters. The number of nitrogens with zero attached hydrogens (tertiary/aromatic N) is 1. The molecule has 0 aromatic carbocycles. The molecule has 6 nitrogen and oxygen atoms in total. The lowest BCUT2D eigenvalue weighted by Gasteiger charge is -2.34. The number of carbonyl (C=O) groups is 2. The Bertz CT molecular complexity index is 611. The number of furan rings is 1. The lowest BCUT2D eigenvalue weighted by atomic mass is 9.78. The smallest absolute Gasteiger partial charge is 0.341 e. The highest BCUT2D eigenvalue weighted by atomic mass is 16.5. The maximum Gasteiger partial charge on any atom is 0.341 e. The molecule has 1 amide bonds. The third-order valence-electron chi connectivity index (χ3n) is 5.27. The molecule has 140 valence electrons. The van der Waals surface area contributed by atoms with Gasteiger partial charge in [0, 0.05) is 6.04 Å². The summed E-state index contributed by atoms with van der Waals surface area (Å²) >= 11 is 0. The minimum absolute atomic E-state index is 0.0323. The molecule has 1 heterocycles. The van der Waals surface area contributed by atoms with Crippen LogP contribution in [0.15, 0.2) is 10.5 Å². The largest absolute Gasteiger partial charge is 0.465 e. The van der Waals surface area contributed by atoms with E-state index in [9.17, 15) is 9.59 Å². The molecule has 0 radical (unpaired) electrons. The zero-order valence-corrected chi connectivity index (χ0v) is 15.9. The molecular formula is C19H30N2O4. The van der Waals surface area contributed by atoms with Gasteiger partial charge < -0.3 is 14.5 Å². The van der Waals surface area contributed by atoms with Crippen molar-refractivity contribution >= 4 is 11.9 Å². The highest BCUT2D eigenvalue weighted by molar-refractivity contribution is 5.90. The van der Waals surface area contributed by atoms with Crippen LogP contribution < -0.4 is 5.32 Å². The van der Waals surface area contributed by atoms with Crippen LogP contribution in [0.25, 0.3) is 0 Å². The van der Waals surface area contributed by atoms with Gasteiger partial charge in [-0.2, -0.15) is 0 Å². The Morgan fingerprint density at radius 2 is 2.08 bits per heavy atom. The Kier molecular flexibility index (Phi) is 6.64. The molecule has 0 aliphatic heterocycles. The first kappa shape index (κ1) is 19.5. The van der Waals surface area contributed by atoms with Crippen molar-refractivity contribution in [2.45, 2.75) is 52.6 Å². The minimum Gasteiger partial charge on any atom is -0.465 e. The monoisotopic (exact) mass is 350 g/mol. The number of carbonyl (C=O) groups excluding carboxylic acids is 2. The van der Waals surface area contributed by atoms with E-state index in [-0.39, 0.29) is 11.9 Å². The summed E-state index contributed by atoms with van der Waals surface area (Å²) in [5, 5.41) is 3.17. The molecule has 6 heteroatoms.